The molecule has 3 nitrogen and oxygen atoms in total. The number of hydrogen-bond donors (Lipinski definition) is 0. The molecule has 0 radical (unpaired) electrons. The summed E-state index contributed by atoms with van der Waals surface area (Å²) in [6, 6.07) is 8.68. The summed E-state index contributed by atoms with van der Waals surface area (Å²) >= 11 is 1.44. The zero-order chi connectivity index (χ0) is 11.1. The maximum atomic E-state index is 13.7. The van der Waals surface area contributed by atoms with E-state index in [9.17, 15) is 4.39 Å². The highest BCUT2D eigenvalue weighted by molar-refractivity contribution is 7.98. The second-order valence-corrected chi connectivity index (χ2v) is 4.15. The molecule has 0 saturated heterocycles. The van der Waals surface area contributed by atoms with Gasteiger partial charge in [-0.3, -0.25) is 0 Å². The van der Waals surface area contributed by atoms with E-state index in [2.05, 4.69) is 10.1 Å². The van der Waals surface area contributed by atoms with E-state index in [-0.39, 0.29) is 5.82 Å². The molecule has 0 aliphatic heterocycles. The minimum atomic E-state index is -0.277. The van der Waals surface area contributed by atoms with Crippen LogP contribution >= 0.6 is 11.8 Å². The number of rotatable bonds is 1. The van der Waals surface area contributed by atoms with Gasteiger partial charge in [0.2, 0.25) is 5.16 Å². The number of hydrogen-bond acceptors (Lipinski definition) is 3. The van der Waals surface area contributed by atoms with E-state index in [1.54, 1.807) is 10.6 Å². The lowest BCUT2D eigenvalue weighted by molar-refractivity contribution is 0.632. The van der Waals surface area contributed by atoms with Crippen LogP contribution in [0.4, 0.5) is 4.39 Å². The van der Waals surface area contributed by atoms with E-state index < -0.39 is 0 Å². The van der Waals surface area contributed by atoms with Crippen molar-refractivity contribution in [2.45, 2.75) is 5.16 Å². The van der Waals surface area contributed by atoms with Crippen LogP contribution in [0.1, 0.15) is 0 Å². The zero-order valence-corrected chi connectivity index (χ0v) is 9.33. The fourth-order valence-corrected chi connectivity index (χ4v) is 2.07. The fraction of sp³-hybridized carbons (Fsp3) is 0.0909. The highest BCUT2D eigenvalue weighted by Crippen LogP contribution is 2.20. The third-order valence-corrected chi connectivity index (χ3v) is 2.98. The Morgan fingerprint density at radius 1 is 1.25 bits per heavy atom. The number of nitrogens with zero attached hydrogens (tertiary/aromatic N) is 3. The molecular weight excluding hydrogens is 225 g/mol. The zero-order valence-electron chi connectivity index (χ0n) is 8.51. The van der Waals surface area contributed by atoms with Crippen LogP contribution in [-0.4, -0.2) is 20.9 Å². The molecule has 3 rings (SSSR count). The summed E-state index contributed by atoms with van der Waals surface area (Å²) in [7, 11) is 0. The van der Waals surface area contributed by atoms with Crippen LogP contribution in [0.25, 0.3) is 16.6 Å². The standard InChI is InChI=1S/C11H8FN3S/c1-16-11-13-9-6-5-7-3-2-4-8(12)10(7)15(9)14-11/h2-6H,1H3. The Hall–Kier alpha value is -1.62. The molecule has 0 spiro atoms. The van der Waals surface area contributed by atoms with Crippen molar-refractivity contribution in [3.05, 3.63) is 36.1 Å². The van der Waals surface area contributed by atoms with Crippen molar-refractivity contribution in [1.82, 2.24) is 14.6 Å². The van der Waals surface area contributed by atoms with Gasteiger partial charge in [0.25, 0.3) is 0 Å². The molecule has 5 heteroatoms. The minimum Gasteiger partial charge on any atom is -0.209 e. The van der Waals surface area contributed by atoms with Crippen LogP contribution in [0, 0.1) is 5.82 Å². The average molecular weight is 233 g/mol. The lowest BCUT2D eigenvalue weighted by atomic mass is 10.2. The number of aromatic nitrogens is 3. The summed E-state index contributed by atoms with van der Waals surface area (Å²) in [4.78, 5) is 4.27. The number of halogens is 1. The van der Waals surface area contributed by atoms with Crippen molar-refractivity contribution in [3.8, 4) is 0 Å². The third kappa shape index (κ3) is 1.28. The SMILES string of the molecule is CSc1nc2ccc3cccc(F)c3n2n1. The first-order chi connectivity index (χ1) is 7.79. The molecule has 0 aliphatic carbocycles. The van der Waals surface area contributed by atoms with E-state index in [0.29, 0.717) is 16.3 Å². The van der Waals surface area contributed by atoms with Crippen molar-refractivity contribution >= 4 is 28.3 Å². The molecular formula is C11H8FN3S. The van der Waals surface area contributed by atoms with E-state index in [1.165, 1.54) is 17.8 Å². The molecule has 3 aromatic rings. The molecule has 2 aromatic heterocycles. The van der Waals surface area contributed by atoms with Crippen molar-refractivity contribution < 1.29 is 4.39 Å². The Balaban J connectivity index is 2.51. The van der Waals surface area contributed by atoms with E-state index in [1.807, 2.05) is 24.5 Å². The molecule has 80 valence electrons. The smallest absolute Gasteiger partial charge is 0.209 e. The predicted octanol–water partition coefficient (Wildman–Crippen LogP) is 2.74. The molecule has 0 bridgehead atoms. The van der Waals surface area contributed by atoms with Gasteiger partial charge in [-0.2, -0.15) is 0 Å². The normalized spacial score (nSPS) is 11.4. The van der Waals surface area contributed by atoms with Crippen LogP contribution in [-0.2, 0) is 0 Å². The summed E-state index contributed by atoms with van der Waals surface area (Å²) in [6.07, 6.45) is 1.90. The van der Waals surface area contributed by atoms with Crippen LogP contribution in [0.3, 0.4) is 0 Å². The van der Waals surface area contributed by atoms with E-state index >= 15 is 0 Å². The second kappa shape index (κ2) is 3.45. The molecule has 0 unspecified atom stereocenters. The molecule has 1 aromatic carbocycles. The summed E-state index contributed by atoms with van der Waals surface area (Å²) in [5.41, 5.74) is 1.15. The molecule has 16 heavy (non-hydrogen) atoms. The fourth-order valence-electron chi connectivity index (χ4n) is 1.72. The summed E-state index contributed by atoms with van der Waals surface area (Å²) < 4.78 is 15.3. The highest BCUT2D eigenvalue weighted by atomic mass is 32.2. The van der Waals surface area contributed by atoms with Crippen LogP contribution < -0.4 is 0 Å². The van der Waals surface area contributed by atoms with Crippen molar-refractivity contribution in [2.75, 3.05) is 6.26 Å². The van der Waals surface area contributed by atoms with Gasteiger partial charge in [-0.15, -0.1) is 5.10 Å². The second-order valence-electron chi connectivity index (χ2n) is 3.38. The highest BCUT2D eigenvalue weighted by Gasteiger charge is 2.08. The molecule has 0 aliphatic rings. The quantitative estimate of drug-likeness (QED) is 0.605. The van der Waals surface area contributed by atoms with E-state index in [0.717, 1.165) is 5.39 Å². The van der Waals surface area contributed by atoms with Crippen molar-refractivity contribution in [1.29, 1.82) is 0 Å². The van der Waals surface area contributed by atoms with Gasteiger partial charge in [-0.05, 0) is 24.5 Å². The molecule has 2 heterocycles. The van der Waals surface area contributed by atoms with Gasteiger partial charge in [0.05, 0.1) is 0 Å². The first-order valence-electron chi connectivity index (χ1n) is 4.77. The van der Waals surface area contributed by atoms with Gasteiger partial charge in [0, 0.05) is 5.39 Å². The largest absolute Gasteiger partial charge is 0.209 e. The average Bonchev–Trinajstić information content (AvgIpc) is 2.72. The lowest BCUT2D eigenvalue weighted by Crippen LogP contribution is -1.93. The number of benzene rings is 1. The van der Waals surface area contributed by atoms with Crippen LogP contribution in [0.15, 0.2) is 35.5 Å². The molecule has 0 N–H and O–H groups in total. The monoisotopic (exact) mass is 233 g/mol. The predicted molar refractivity (Wildman–Crippen MR) is 62.2 cm³/mol. The Morgan fingerprint density at radius 3 is 2.94 bits per heavy atom. The summed E-state index contributed by atoms with van der Waals surface area (Å²) in [5, 5.41) is 5.72. The summed E-state index contributed by atoms with van der Waals surface area (Å²) in [6.45, 7) is 0. The van der Waals surface area contributed by atoms with Crippen LogP contribution in [0.2, 0.25) is 0 Å². The number of para-hydroxylation sites is 1. The number of fused-ring (bicyclic) bond motifs is 3. The molecule has 0 amide bonds. The van der Waals surface area contributed by atoms with Crippen molar-refractivity contribution in [2.24, 2.45) is 0 Å². The molecule has 0 saturated carbocycles. The molecule has 0 atom stereocenters. The minimum absolute atomic E-state index is 0.277. The van der Waals surface area contributed by atoms with Gasteiger partial charge >= 0.3 is 0 Å². The Labute approximate surface area is 95.3 Å². The van der Waals surface area contributed by atoms with Gasteiger partial charge in [-0.1, -0.05) is 23.9 Å². The number of thioether (sulfide) groups is 1. The Bertz CT molecular complexity index is 677. The van der Waals surface area contributed by atoms with E-state index in [4.69, 9.17) is 0 Å². The Morgan fingerprint density at radius 2 is 2.12 bits per heavy atom. The lowest BCUT2D eigenvalue weighted by Gasteiger charge is -2.00. The third-order valence-electron chi connectivity index (χ3n) is 2.44. The van der Waals surface area contributed by atoms with Gasteiger partial charge in [-0.25, -0.2) is 13.9 Å². The van der Waals surface area contributed by atoms with Gasteiger partial charge in [0.15, 0.2) is 5.65 Å². The maximum Gasteiger partial charge on any atom is 0.209 e. The first-order valence-corrected chi connectivity index (χ1v) is 6.00. The van der Waals surface area contributed by atoms with Crippen LogP contribution in [0.5, 0.6) is 0 Å². The maximum absolute atomic E-state index is 13.7. The van der Waals surface area contributed by atoms with Gasteiger partial charge < -0.3 is 0 Å². The topological polar surface area (TPSA) is 30.2 Å². The Kier molecular flexibility index (Phi) is 2.07. The first kappa shape index (κ1) is 9.59. The summed E-state index contributed by atoms with van der Waals surface area (Å²) in [5.74, 6) is -0.277. The van der Waals surface area contributed by atoms with Crippen molar-refractivity contribution in [3.63, 3.8) is 0 Å². The number of pyridine rings is 1. The van der Waals surface area contributed by atoms with Gasteiger partial charge in [0.1, 0.15) is 11.3 Å². The molecule has 0 fully saturated rings.